The molecule has 2 atom stereocenters. The molecule has 0 spiro atoms. The van der Waals surface area contributed by atoms with Gasteiger partial charge in [-0.1, -0.05) is 150 Å². The van der Waals surface area contributed by atoms with Gasteiger partial charge < -0.3 is 0 Å². The van der Waals surface area contributed by atoms with Crippen LogP contribution in [0.5, 0.6) is 0 Å². The molecule has 0 aliphatic heterocycles. The average Bonchev–Trinajstić information content (AvgIpc) is 2.79. The van der Waals surface area contributed by atoms with Crippen molar-refractivity contribution < 1.29 is 0 Å². The second-order valence-corrected chi connectivity index (χ2v) is 13.2. The third-order valence-corrected chi connectivity index (χ3v) is 12.4. The summed E-state index contributed by atoms with van der Waals surface area (Å²) in [5, 5.41) is 3.33. The summed E-state index contributed by atoms with van der Waals surface area (Å²) < 4.78 is 0. The van der Waals surface area contributed by atoms with Gasteiger partial charge in [0.1, 0.15) is 8.07 Å². The quantitative estimate of drug-likeness (QED) is 0.281. The van der Waals surface area contributed by atoms with Crippen LogP contribution in [0.1, 0.15) is 79.1 Å². The van der Waals surface area contributed by atoms with Crippen LogP contribution in [0.25, 0.3) is 0 Å². The zero-order chi connectivity index (χ0) is 21.0. The van der Waals surface area contributed by atoms with Crippen LogP contribution >= 0.6 is 0 Å². The number of benzene rings is 2. The standard InChI is InChI=1S/C28H44Si/c1-5-9-17-25(7-3)23-29(27-19-13-11-14-20-27,28-21-15-12-16-22-28)24-26(8-4)18-10-6-2/h11-16,19-22,25-26H,5-10,17-18,23-24H2,1-4H3/t25-,26-/m1/s1. The van der Waals surface area contributed by atoms with E-state index in [0.717, 1.165) is 11.8 Å². The van der Waals surface area contributed by atoms with E-state index in [0.29, 0.717) is 0 Å². The Morgan fingerprint density at radius 3 is 1.28 bits per heavy atom. The van der Waals surface area contributed by atoms with Crippen LogP contribution in [0.4, 0.5) is 0 Å². The normalized spacial score (nSPS) is 13.9. The lowest BCUT2D eigenvalue weighted by Crippen LogP contribution is -2.60. The minimum absolute atomic E-state index is 0.853. The highest BCUT2D eigenvalue weighted by Crippen LogP contribution is 2.32. The lowest BCUT2D eigenvalue weighted by Gasteiger charge is -2.39. The maximum atomic E-state index is 2.46. The summed E-state index contributed by atoms with van der Waals surface area (Å²) in [5.74, 6) is 1.71. The van der Waals surface area contributed by atoms with Gasteiger partial charge in [-0.15, -0.1) is 0 Å². The smallest absolute Gasteiger partial charge is 0.0654 e. The molecule has 2 rings (SSSR count). The summed E-state index contributed by atoms with van der Waals surface area (Å²) in [6, 6.07) is 26.2. The van der Waals surface area contributed by atoms with Crippen molar-refractivity contribution in [1.29, 1.82) is 0 Å². The van der Waals surface area contributed by atoms with Crippen LogP contribution in [0, 0.1) is 11.8 Å². The topological polar surface area (TPSA) is 0 Å². The van der Waals surface area contributed by atoms with Crippen LogP contribution in [-0.2, 0) is 0 Å². The summed E-state index contributed by atoms with van der Waals surface area (Å²) in [6.07, 6.45) is 10.8. The molecule has 160 valence electrons. The van der Waals surface area contributed by atoms with Gasteiger partial charge in [0.2, 0.25) is 0 Å². The van der Waals surface area contributed by atoms with Gasteiger partial charge in [0.05, 0.1) is 0 Å². The second kappa shape index (κ2) is 13.1. The second-order valence-electron chi connectivity index (χ2n) is 9.06. The van der Waals surface area contributed by atoms with E-state index in [-0.39, 0.29) is 0 Å². The summed E-state index contributed by atoms with van der Waals surface area (Å²) in [7, 11) is -1.82. The van der Waals surface area contributed by atoms with Crippen molar-refractivity contribution in [2.45, 2.75) is 91.1 Å². The average molecular weight is 409 g/mol. The molecule has 2 aromatic carbocycles. The fourth-order valence-electron chi connectivity index (χ4n) is 5.11. The Labute approximate surface area is 182 Å². The number of unbranched alkanes of at least 4 members (excludes halogenated alkanes) is 2. The van der Waals surface area contributed by atoms with Crippen molar-refractivity contribution in [1.82, 2.24) is 0 Å². The van der Waals surface area contributed by atoms with Crippen LogP contribution in [0.2, 0.25) is 12.1 Å². The monoisotopic (exact) mass is 408 g/mol. The van der Waals surface area contributed by atoms with Crippen LogP contribution in [0.15, 0.2) is 60.7 Å². The van der Waals surface area contributed by atoms with Gasteiger partial charge in [0.25, 0.3) is 0 Å². The Bertz CT molecular complexity index is 589. The van der Waals surface area contributed by atoms with E-state index in [1.807, 2.05) is 0 Å². The van der Waals surface area contributed by atoms with E-state index < -0.39 is 8.07 Å². The molecule has 0 nitrogen and oxygen atoms in total. The maximum absolute atomic E-state index is 2.46. The third-order valence-electron chi connectivity index (χ3n) is 7.01. The molecule has 0 amide bonds. The molecule has 29 heavy (non-hydrogen) atoms. The highest BCUT2D eigenvalue weighted by molar-refractivity contribution is 7.02. The Morgan fingerprint density at radius 2 is 0.966 bits per heavy atom. The van der Waals surface area contributed by atoms with Gasteiger partial charge in [0, 0.05) is 0 Å². The molecule has 0 bridgehead atoms. The Morgan fingerprint density at radius 1 is 0.586 bits per heavy atom. The molecule has 0 aliphatic carbocycles. The van der Waals surface area contributed by atoms with Gasteiger partial charge >= 0.3 is 0 Å². The summed E-state index contributed by atoms with van der Waals surface area (Å²) in [6.45, 7) is 9.51. The summed E-state index contributed by atoms with van der Waals surface area (Å²) in [5.41, 5.74) is 0. The van der Waals surface area contributed by atoms with Crippen molar-refractivity contribution in [3.63, 3.8) is 0 Å². The molecule has 0 heterocycles. The highest BCUT2D eigenvalue weighted by atomic mass is 28.3. The summed E-state index contributed by atoms with van der Waals surface area (Å²) in [4.78, 5) is 0. The molecule has 1 heteroatoms. The van der Waals surface area contributed by atoms with Crippen molar-refractivity contribution in [2.75, 3.05) is 0 Å². The number of hydrogen-bond acceptors (Lipinski definition) is 0. The minimum Gasteiger partial charge on any atom is -0.0654 e. The Balaban J connectivity index is 2.52. The largest absolute Gasteiger partial charge is 0.118 e. The van der Waals surface area contributed by atoms with Crippen LogP contribution in [-0.4, -0.2) is 8.07 Å². The highest BCUT2D eigenvalue weighted by Gasteiger charge is 2.40. The van der Waals surface area contributed by atoms with E-state index in [2.05, 4.69) is 88.4 Å². The van der Waals surface area contributed by atoms with Crippen LogP contribution in [0.3, 0.4) is 0 Å². The first-order chi connectivity index (χ1) is 14.2. The molecule has 0 fully saturated rings. The molecular weight excluding hydrogens is 364 g/mol. The van der Waals surface area contributed by atoms with E-state index in [1.54, 1.807) is 10.4 Å². The number of hydrogen-bond donors (Lipinski definition) is 0. The van der Waals surface area contributed by atoms with E-state index in [9.17, 15) is 0 Å². The Hall–Kier alpha value is -1.34. The molecular formula is C28H44Si. The number of rotatable bonds is 14. The minimum atomic E-state index is -1.82. The van der Waals surface area contributed by atoms with Crippen molar-refractivity contribution in [3.05, 3.63) is 60.7 Å². The molecule has 0 N–H and O–H groups in total. The predicted molar refractivity (Wildman–Crippen MR) is 134 cm³/mol. The van der Waals surface area contributed by atoms with Crippen molar-refractivity contribution in [3.8, 4) is 0 Å². The van der Waals surface area contributed by atoms with E-state index >= 15 is 0 Å². The van der Waals surface area contributed by atoms with Crippen LogP contribution < -0.4 is 10.4 Å². The zero-order valence-electron chi connectivity index (χ0n) is 19.5. The lowest BCUT2D eigenvalue weighted by atomic mass is 10.0. The van der Waals surface area contributed by atoms with Gasteiger partial charge in [0.15, 0.2) is 0 Å². The van der Waals surface area contributed by atoms with Gasteiger partial charge in [-0.25, -0.2) is 0 Å². The lowest BCUT2D eigenvalue weighted by molar-refractivity contribution is 0.469. The Kier molecular flexibility index (Phi) is 10.8. The molecule has 2 aromatic rings. The molecule has 0 radical (unpaired) electrons. The third kappa shape index (κ3) is 6.85. The first-order valence-electron chi connectivity index (χ1n) is 12.3. The first kappa shape index (κ1) is 23.9. The van der Waals surface area contributed by atoms with Gasteiger partial charge in [-0.3, -0.25) is 0 Å². The fourth-order valence-corrected chi connectivity index (χ4v) is 11.2. The van der Waals surface area contributed by atoms with E-state index in [4.69, 9.17) is 0 Å². The van der Waals surface area contributed by atoms with E-state index in [1.165, 1.54) is 63.5 Å². The maximum Gasteiger partial charge on any atom is 0.118 e. The van der Waals surface area contributed by atoms with Gasteiger partial charge in [-0.2, -0.15) is 0 Å². The predicted octanol–water partition coefficient (Wildman–Crippen LogP) is 7.68. The summed E-state index contributed by atoms with van der Waals surface area (Å²) >= 11 is 0. The molecule has 0 aliphatic rings. The molecule has 0 saturated carbocycles. The van der Waals surface area contributed by atoms with Crippen molar-refractivity contribution >= 4 is 18.4 Å². The fraction of sp³-hybridized carbons (Fsp3) is 0.571. The molecule has 0 aromatic heterocycles. The zero-order valence-corrected chi connectivity index (χ0v) is 20.5. The van der Waals surface area contributed by atoms with Crippen molar-refractivity contribution in [2.24, 2.45) is 11.8 Å². The SMILES string of the molecule is CCCC[C@@H](CC)C[Si](C[C@H](CC)CCCC)(c1ccccc1)c1ccccc1. The first-order valence-corrected chi connectivity index (χ1v) is 14.7. The van der Waals surface area contributed by atoms with Gasteiger partial charge in [-0.05, 0) is 23.9 Å². The molecule has 0 saturated heterocycles. The molecule has 0 unspecified atom stereocenters.